The molecule has 1 aromatic rings. The SMILES string of the molecule is CCCOc1ccc(/C=C/C(=O)O)c(OC(C)C)c1. The molecule has 0 aliphatic heterocycles. The van der Waals surface area contributed by atoms with Gasteiger partial charge in [-0.25, -0.2) is 4.79 Å². The Balaban J connectivity index is 2.98. The minimum Gasteiger partial charge on any atom is -0.493 e. The molecule has 0 saturated carbocycles. The molecule has 0 fully saturated rings. The van der Waals surface area contributed by atoms with Crippen molar-refractivity contribution in [2.75, 3.05) is 6.61 Å². The second-order valence-corrected chi connectivity index (χ2v) is 4.39. The molecular weight excluding hydrogens is 244 g/mol. The molecule has 0 saturated heterocycles. The van der Waals surface area contributed by atoms with Crippen LogP contribution in [0.3, 0.4) is 0 Å². The average molecular weight is 264 g/mol. The standard InChI is InChI=1S/C15H20O4/c1-4-9-18-13-7-5-12(6-8-15(16)17)14(10-13)19-11(2)3/h5-8,10-11H,4,9H2,1-3H3,(H,16,17)/b8-6+. The fourth-order valence-corrected chi connectivity index (χ4v) is 1.48. The molecule has 0 amide bonds. The average Bonchev–Trinajstić information content (AvgIpc) is 2.34. The first-order valence-electron chi connectivity index (χ1n) is 6.37. The van der Waals surface area contributed by atoms with Crippen molar-refractivity contribution >= 4 is 12.0 Å². The van der Waals surface area contributed by atoms with Crippen LogP contribution in [0.1, 0.15) is 32.8 Å². The third-order valence-electron chi connectivity index (χ3n) is 2.23. The number of benzene rings is 1. The highest BCUT2D eigenvalue weighted by Gasteiger charge is 2.06. The van der Waals surface area contributed by atoms with E-state index in [2.05, 4.69) is 0 Å². The second kappa shape index (κ2) is 7.46. The molecular formula is C15H20O4. The first kappa shape index (κ1) is 15.1. The zero-order valence-electron chi connectivity index (χ0n) is 11.6. The third-order valence-corrected chi connectivity index (χ3v) is 2.23. The van der Waals surface area contributed by atoms with Gasteiger partial charge in [-0.1, -0.05) is 6.92 Å². The number of rotatable bonds is 7. The summed E-state index contributed by atoms with van der Waals surface area (Å²) in [5.41, 5.74) is 0.722. The van der Waals surface area contributed by atoms with E-state index in [4.69, 9.17) is 14.6 Å². The zero-order valence-corrected chi connectivity index (χ0v) is 11.6. The summed E-state index contributed by atoms with van der Waals surface area (Å²) in [7, 11) is 0. The Morgan fingerprint density at radius 2 is 2.16 bits per heavy atom. The molecule has 0 bridgehead atoms. The molecule has 0 aromatic heterocycles. The fourth-order valence-electron chi connectivity index (χ4n) is 1.48. The van der Waals surface area contributed by atoms with E-state index in [1.165, 1.54) is 6.08 Å². The monoisotopic (exact) mass is 264 g/mol. The largest absolute Gasteiger partial charge is 0.493 e. The molecule has 1 aromatic carbocycles. The topological polar surface area (TPSA) is 55.8 Å². The summed E-state index contributed by atoms with van der Waals surface area (Å²) in [6.45, 7) is 6.52. The maximum atomic E-state index is 10.6. The molecule has 4 nitrogen and oxygen atoms in total. The smallest absolute Gasteiger partial charge is 0.328 e. The minimum absolute atomic E-state index is 0.0124. The van der Waals surface area contributed by atoms with Gasteiger partial charge in [0.15, 0.2) is 0 Å². The first-order chi connectivity index (χ1) is 9.02. The number of carbonyl (C=O) groups is 1. The second-order valence-electron chi connectivity index (χ2n) is 4.39. The lowest BCUT2D eigenvalue weighted by Gasteiger charge is -2.14. The summed E-state index contributed by atoms with van der Waals surface area (Å²) in [5, 5.41) is 8.67. The van der Waals surface area contributed by atoms with Gasteiger partial charge in [0.25, 0.3) is 0 Å². The quantitative estimate of drug-likeness (QED) is 0.767. The molecule has 1 rings (SSSR count). The molecule has 0 atom stereocenters. The van der Waals surface area contributed by atoms with Crippen LogP contribution in [0.4, 0.5) is 0 Å². The third kappa shape index (κ3) is 5.46. The fraction of sp³-hybridized carbons (Fsp3) is 0.400. The Morgan fingerprint density at radius 3 is 2.74 bits per heavy atom. The van der Waals surface area contributed by atoms with E-state index in [-0.39, 0.29) is 6.10 Å². The van der Waals surface area contributed by atoms with Crippen molar-refractivity contribution in [2.24, 2.45) is 0 Å². The Kier molecular flexibility index (Phi) is 5.93. The highest BCUT2D eigenvalue weighted by molar-refractivity contribution is 5.86. The number of hydrogen-bond acceptors (Lipinski definition) is 3. The van der Waals surface area contributed by atoms with Crippen molar-refractivity contribution in [3.05, 3.63) is 29.8 Å². The van der Waals surface area contributed by atoms with Gasteiger partial charge in [0.05, 0.1) is 12.7 Å². The van der Waals surface area contributed by atoms with Gasteiger partial charge in [-0.2, -0.15) is 0 Å². The van der Waals surface area contributed by atoms with Crippen LogP contribution in [0, 0.1) is 0 Å². The van der Waals surface area contributed by atoms with Crippen LogP contribution in [0.15, 0.2) is 24.3 Å². The maximum absolute atomic E-state index is 10.6. The van der Waals surface area contributed by atoms with Crippen LogP contribution in [0.25, 0.3) is 6.08 Å². The van der Waals surface area contributed by atoms with Crippen molar-refractivity contribution < 1.29 is 19.4 Å². The number of carboxylic acids is 1. The molecule has 0 radical (unpaired) electrons. The van der Waals surface area contributed by atoms with Gasteiger partial charge in [0, 0.05) is 17.7 Å². The van der Waals surface area contributed by atoms with Crippen LogP contribution >= 0.6 is 0 Å². The minimum atomic E-state index is -0.984. The zero-order chi connectivity index (χ0) is 14.3. The molecule has 4 heteroatoms. The van der Waals surface area contributed by atoms with Crippen molar-refractivity contribution in [3.8, 4) is 11.5 Å². The van der Waals surface area contributed by atoms with Gasteiger partial charge < -0.3 is 14.6 Å². The van der Waals surface area contributed by atoms with E-state index in [9.17, 15) is 4.79 Å². The predicted molar refractivity (Wildman–Crippen MR) is 74.7 cm³/mol. The molecule has 104 valence electrons. The van der Waals surface area contributed by atoms with Gasteiger partial charge in [-0.05, 0) is 38.5 Å². The van der Waals surface area contributed by atoms with E-state index in [0.29, 0.717) is 12.4 Å². The van der Waals surface area contributed by atoms with Gasteiger partial charge in [-0.3, -0.25) is 0 Å². The van der Waals surface area contributed by atoms with Crippen molar-refractivity contribution in [1.82, 2.24) is 0 Å². The summed E-state index contributed by atoms with van der Waals surface area (Å²) >= 11 is 0. The Morgan fingerprint density at radius 1 is 1.42 bits per heavy atom. The summed E-state index contributed by atoms with van der Waals surface area (Å²) < 4.78 is 11.2. The Labute approximate surface area is 113 Å². The van der Waals surface area contributed by atoms with Crippen LogP contribution in [0.5, 0.6) is 11.5 Å². The van der Waals surface area contributed by atoms with Crippen molar-refractivity contribution in [1.29, 1.82) is 0 Å². The Bertz CT molecular complexity index is 449. The molecule has 0 spiro atoms. The van der Waals surface area contributed by atoms with E-state index >= 15 is 0 Å². The molecule has 0 unspecified atom stereocenters. The van der Waals surface area contributed by atoms with Crippen LogP contribution in [-0.4, -0.2) is 23.8 Å². The Hall–Kier alpha value is -1.97. The normalized spacial score (nSPS) is 10.9. The summed E-state index contributed by atoms with van der Waals surface area (Å²) in [5.74, 6) is 0.368. The van der Waals surface area contributed by atoms with Crippen LogP contribution in [0.2, 0.25) is 0 Å². The summed E-state index contributed by atoms with van der Waals surface area (Å²) in [4.78, 5) is 10.6. The highest BCUT2D eigenvalue weighted by Crippen LogP contribution is 2.27. The highest BCUT2D eigenvalue weighted by atomic mass is 16.5. The van der Waals surface area contributed by atoms with E-state index in [1.54, 1.807) is 12.1 Å². The van der Waals surface area contributed by atoms with Gasteiger partial charge in [-0.15, -0.1) is 0 Å². The van der Waals surface area contributed by atoms with E-state index in [1.807, 2.05) is 26.8 Å². The molecule has 0 aliphatic carbocycles. The van der Waals surface area contributed by atoms with Crippen molar-refractivity contribution in [2.45, 2.75) is 33.3 Å². The molecule has 0 heterocycles. The number of aliphatic carboxylic acids is 1. The van der Waals surface area contributed by atoms with Crippen molar-refractivity contribution in [3.63, 3.8) is 0 Å². The number of hydrogen-bond donors (Lipinski definition) is 1. The summed E-state index contributed by atoms with van der Waals surface area (Å²) in [6, 6.07) is 5.39. The van der Waals surface area contributed by atoms with Gasteiger partial charge in [0.1, 0.15) is 11.5 Å². The lowest BCUT2D eigenvalue weighted by Crippen LogP contribution is -2.07. The van der Waals surface area contributed by atoms with E-state index in [0.717, 1.165) is 23.8 Å². The first-order valence-corrected chi connectivity index (χ1v) is 6.37. The number of carboxylic acid groups (broad SMARTS) is 1. The molecule has 0 aliphatic rings. The lowest BCUT2D eigenvalue weighted by molar-refractivity contribution is -0.131. The molecule has 19 heavy (non-hydrogen) atoms. The van der Waals surface area contributed by atoms with Crippen LogP contribution in [-0.2, 0) is 4.79 Å². The van der Waals surface area contributed by atoms with Gasteiger partial charge in [0.2, 0.25) is 0 Å². The maximum Gasteiger partial charge on any atom is 0.328 e. The summed E-state index contributed by atoms with van der Waals surface area (Å²) in [6.07, 6.45) is 3.55. The van der Waals surface area contributed by atoms with Gasteiger partial charge >= 0.3 is 5.97 Å². The lowest BCUT2D eigenvalue weighted by atomic mass is 10.1. The number of ether oxygens (including phenoxy) is 2. The van der Waals surface area contributed by atoms with Crippen LogP contribution < -0.4 is 9.47 Å². The predicted octanol–water partition coefficient (Wildman–Crippen LogP) is 3.36. The molecule has 1 N–H and O–H groups in total. The van der Waals surface area contributed by atoms with E-state index < -0.39 is 5.97 Å².